The van der Waals surface area contributed by atoms with Gasteiger partial charge in [0.1, 0.15) is 12.2 Å². The van der Waals surface area contributed by atoms with Crippen LogP contribution in [0.1, 0.15) is 51.4 Å². The molecular weight excluding hydrogens is 318 g/mol. The summed E-state index contributed by atoms with van der Waals surface area (Å²) in [6, 6.07) is 10.9. The molecule has 1 aromatic heterocycles. The van der Waals surface area contributed by atoms with Crippen LogP contribution in [0.3, 0.4) is 0 Å². The smallest absolute Gasteiger partial charge is 0.280 e. The van der Waals surface area contributed by atoms with Crippen molar-refractivity contribution >= 4 is 17.7 Å². The zero-order valence-corrected chi connectivity index (χ0v) is 14.2. The summed E-state index contributed by atoms with van der Waals surface area (Å²) in [5.41, 5.74) is 2.48. The average molecular weight is 337 g/mol. The Morgan fingerprint density at radius 3 is 2.52 bits per heavy atom. The van der Waals surface area contributed by atoms with E-state index in [1.807, 2.05) is 38.1 Å². The molecule has 2 heterocycles. The fourth-order valence-electron chi connectivity index (χ4n) is 2.86. The third-order valence-electron chi connectivity index (χ3n) is 4.26. The Bertz CT molecular complexity index is 795. The van der Waals surface area contributed by atoms with Crippen molar-refractivity contribution in [3.8, 4) is 0 Å². The van der Waals surface area contributed by atoms with Crippen LogP contribution in [0.5, 0.6) is 0 Å². The molecular formula is C19H19N3O3. The van der Waals surface area contributed by atoms with Crippen LogP contribution in [0.15, 0.2) is 42.6 Å². The summed E-state index contributed by atoms with van der Waals surface area (Å²) in [5, 5.41) is 2.89. The van der Waals surface area contributed by atoms with Crippen molar-refractivity contribution in [2.24, 2.45) is 0 Å². The highest BCUT2D eigenvalue weighted by molar-refractivity contribution is 6.21. The molecule has 1 aliphatic rings. The Balaban J connectivity index is 1.69. The van der Waals surface area contributed by atoms with Gasteiger partial charge in [-0.25, -0.2) is 0 Å². The molecule has 0 saturated carbocycles. The van der Waals surface area contributed by atoms with Crippen LogP contribution >= 0.6 is 0 Å². The van der Waals surface area contributed by atoms with Gasteiger partial charge >= 0.3 is 0 Å². The third kappa shape index (κ3) is 3.28. The highest BCUT2D eigenvalue weighted by Gasteiger charge is 2.37. The first kappa shape index (κ1) is 16.8. The first-order chi connectivity index (χ1) is 12.0. The second kappa shape index (κ2) is 6.84. The highest BCUT2D eigenvalue weighted by Crippen LogP contribution is 2.21. The number of carbonyl (C=O) groups excluding carboxylic acids is 3. The minimum absolute atomic E-state index is 0.103. The molecule has 1 aliphatic heterocycles. The summed E-state index contributed by atoms with van der Waals surface area (Å²) in [4.78, 5) is 41.8. The van der Waals surface area contributed by atoms with Crippen LogP contribution in [0.4, 0.5) is 0 Å². The number of hydrogen-bond acceptors (Lipinski definition) is 4. The van der Waals surface area contributed by atoms with E-state index in [-0.39, 0.29) is 29.8 Å². The highest BCUT2D eigenvalue weighted by atomic mass is 16.2. The monoisotopic (exact) mass is 337 g/mol. The minimum atomic E-state index is -0.529. The second-order valence-corrected chi connectivity index (χ2v) is 6.04. The lowest BCUT2D eigenvalue weighted by Gasteiger charge is -2.20. The van der Waals surface area contributed by atoms with Gasteiger partial charge in [-0.05, 0) is 31.0 Å². The number of benzene rings is 1. The van der Waals surface area contributed by atoms with E-state index >= 15 is 0 Å². The molecule has 0 radical (unpaired) electrons. The second-order valence-electron chi connectivity index (χ2n) is 6.04. The van der Waals surface area contributed by atoms with Crippen molar-refractivity contribution in [2.45, 2.75) is 26.3 Å². The molecule has 1 N–H and O–H groups in total. The van der Waals surface area contributed by atoms with E-state index in [0.717, 1.165) is 16.0 Å². The minimum Gasteiger partial charge on any atom is -0.348 e. The summed E-state index contributed by atoms with van der Waals surface area (Å²) in [7, 11) is 0. The Kier molecular flexibility index (Phi) is 4.61. The third-order valence-corrected chi connectivity index (χ3v) is 4.26. The largest absolute Gasteiger partial charge is 0.348 e. The number of amides is 3. The molecule has 2 aromatic rings. The van der Waals surface area contributed by atoms with Crippen LogP contribution in [0.25, 0.3) is 0 Å². The van der Waals surface area contributed by atoms with E-state index in [1.54, 1.807) is 12.1 Å². The molecule has 6 heteroatoms. The predicted octanol–water partition coefficient (Wildman–Crippen LogP) is 2.25. The lowest BCUT2D eigenvalue weighted by molar-refractivity contribution is -0.122. The predicted molar refractivity (Wildman–Crippen MR) is 92.0 cm³/mol. The summed E-state index contributed by atoms with van der Waals surface area (Å²) in [5.74, 6) is -1.38. The van der Waals surface area contributed by atoms with Crippen LogP contribution in [0, 0.1) is 6.92 Å². The van der Waals surface area contributed by atoms with E-state index < -0.39 is 11.8 Å². The molecule has 3 rings (SSSR count). The zero-order chi connectivity index (χ0) is 18.0. The molecule has 128 valence electrons. The van der Waals surface area contributed by atoms with Crippen molar-refractivity contribution in [1.82, 2.24) is 15.2 Å². The normalized spacial score (nSPS) is 14.4. The van der Waals surface area contributed by atoms with Gasteiger partial charge < -0.3 is 5.32 Å². The van der Waals surface area contributed by atoms with Crippen LogP contribution in [-0.2, 0) is 4.79 Å². The summed E-state index contributed by atoms with van der Waals surface area (Å²) >= 11 is 0. The number of nitrogens with zero attached hydrogens (tertiary/aromatic N) is 2. The Labute approximate surface area is 145 Å². The van der Waals surface area contributed by atoms with Gasteiger partial charge in [0.2, 0.25) is 5.91 Å². The van der Waals surface area contributed by atoms with Gasteiger partial charge in [0.15, 0.2) is 0 Å². The lowest BCUT2D eigenvalue weighted by atomic mass is 10.0. The molecule has 0 saturated heterocycles. The van der Waals surface area contributed by atoms with Gasteiger partial charge in [-0.3, -0.25) is 24.3 Å². The maximum atomic E-state index is 12.4. The van der Waals surface area contributed by atoms with E-state index in [9.17, 15) is 14.4 Å². The van der Waals surface area contributed by atoms with Crippen molar-refractivity contribution in [2.75, 3.05) is 6.54 Å². The summed E-state index contributed by atoms with van der Waals surface area (Å²) < 4.78 is 0. The number of carbonyl (C=O) groups is 3. The van der Waals surface area contributed by atoms with E-state index in [4.69, 9.17) is 0 Å². The number of fused-ring (bicyclic) bond motifs is 1. The number of nitrogens with one attached hydrogen (secondary N) is 1. The Morgan fingerprint density at radius 1 is 1.16 bits per heavy atom. The summed E-state index contributed by atoms with van der Waals surface area (Å²) in [6.07, 6.45) is 2.16. The number of aromatic nitrogens is 1. The van der Waals surface area contributed by atoms with E-state index in [1.165, 1.54) is 6.20 Å². The van der Waals surface area contributed by atoms with Gasteiger partial charge in [0.05, 0.1) is 11.6 Å². The van der Waals surface area contributed by atoms with E-state index in [2.05, 4.69) is 10.3 Å². The average Bonchev–Trinajstić information content (AvgIpc) is 2.86. The van der Waals surface area contributed by atoms with Gasteiger partial charge in [0.25, 0.3) is 11.8 Å². The fraction of sp³-hybridized carbons (Fsp3) is 0.263. The number of imide groups is 1. The Hall–Kier alpha value is -3.02. The van der Waals surface area contributed by atoms with Crippen LogP contribution in [0.2, 0.25) is 0 Å². The molecule has 0 aliphatic carbocycles. The number of rotatable bonds is 5. The first-order valence-electron chi connectivity index (χ1n) is 8.18. The maximum absolute atomic E-state index is 12.4. The quantitative estimate of drug-likeness (QED) is 0.849. The topological polar surface area (TPSA) is 79.4 Å². The van der Waals surface area contributed by atoms with Crippen LogP contribution < -0.4 is 5.32 Å². The molecule has 25 heavy (non-hydrogen) atoms. The van der Waals surface area contributed by atoms with Crippen molar-refractivity contribution in [1.29, 1.82) is 0 Å². The SMILES string of the molecule is CC[C@@H](NC(=O)CN1C(=O)c2cccnc2C1=O)c1ccc(C)cc1. The molecule has 0 unspecified atom stereocenters. The number of aryl methyl sites for hydroxylation is 1. The number of hydrogen-bond donors (Lipinski definition) is 1. The Morgan fingerprint density at radius 2 is 1.88 bits per heavy atom. The molecule has 0 bridgehead atoms. The summed E-state index contributed by atoms with van der Waals surface area (Å²) in [6.45, 7) is 3.66. The zero-order valence-electron chi connectivity index (χ0n) is 14.2. The molecule has 0 fully saturated rings. The van der Waals surface area contributed by atoms with Crippen LogP contribution in [-0.4, -0.2) is 34.2 Å². The van der Waals surface area contributed by atoms with Crippen molar-refractivity contribution in [3.05, 3.63) is 65.0 Å². The molecule has 1 atom stereocenters. The van der Waals surface area contributed by atoms with Crippen molar-refractivity contribution in [3.63, 3.8) is 0 Å². The first-order valence-corrected chi connectivity index (χ1v) is 8.18. The molecule has 0 spiro atoms. The molecule has 3 amide bonds. The van der Waals surface area contributed by atoms with Crippen molar-refractivity contribution < 1.29 is 14.4 Å². The molecule has 6 nitrogen and oxygen atoms in total. The number of pyridine rings is 1. The van der Waals surface area contributed by atoms with Gasteiger partial charge in [-0.15, -0.1) is 0 Å². The van der Waals surface area contributed by atoms with Gasteiger partial charge in [-0.2, -0.15) is 0 Å². The lowest BCUT2D eigenvalue weighted by Crippen LogP contribution is -2.41. The maximum Gasteiger partial charge on any atom is 0.280 e. The van der Waals surface area contributed by atoms with Gasteiger partial charge in [0, 0.05) is 6.20 Å². The fourth-order valence-corrected chi connectivity index (χ4v) is 2.86. The standard InChI is InChI=1S/C19H19N3O3/c1-3-15(13-8-6-12(2)7-9-13)21-16(23)11-22-18(24)14-5-4-10-20-17(14)19(22)25/h4-10,15H,3,11H2,1-2H3,(H,21,23)/t15-/m1/s1. The van der Waals surface area contributed by atoms with E-state index in [0.29, 0.717) is 6.42 Å². The van der Waals surface area contributed by atoms with Gasteiger partial charge in [-0.1, -0.05) is 36.8 Å². The molecule has 1 aromatic carbocycles.